The number of hydrogen-bond acceptors (Lipinski definition) is 6. The van der Waals surface area contributed by atoms with E-state index in [1.54, 1.807) is 12.1 Å². The van der Waals surface area contributed by atoms with Crippen LogP contribution in [0.15, 0.2) is 67.0 Å². The van der Waals surface area contributed by atoms with Gasteiger partial charge in [0.05, 0.1) is 11.3 Å². The van der Waals surface area contributed by atoms with Crippen molar-refractivity contribution in [2.24, 2.45) is 0 Å². The topological polar surface area (TPSA) is 79.4 Å². The molecule has 0 aliphatic carbocycles. The van der Waals surface area contributed by atoms with Crippen molar-refractivity contribution >= 4 is 17.5 Å². The van der Waals surface area contributed by atoms with Gasteiger partial charge in [0.15, 0.2) is 5.75 Å². The van der Waals surface area contributed by atoms with Crippen LogP contribution in [0.3, 0.4) is 0 Å². The summed E-state index contributed by atoms with van der Waals surface area (Å²) in [5.74, 6) is 1.45. The Kier molecular flexibility index (Phi) is 6.54. The molecule has 1 heterocycles. The fraction of sp³-hybridized carbons (Fsp3) is 0.190. The number of ether oxygens (including phenoxy) is 1. The van der Waals surface area contributed by atoms with Crippen molar-refractivity contribution in [3.8, 4) is 11.5 Å². The Labute approximate surface area is 164 Å². The van der Waals surface area contributed by atoms with Crippen LogP contribution in [0, 0.1) is 0 Å². The molecule has 0 saturated carbocycles. The summed E-state index contributed by atoms with van der Waals surface area (Å²) in [7, 11) is 3.99. The number of carbonyl (C=O) groups excluding carboxylic acids is 1. The zero-order chi connectivity index (χ0) is 19.8. The summed E-state index contributed by atoms with van der Waals surface area (Å²) in [5.41, 5.74) is 0.942. The van der Waals surface area contributed by atoms with Gasteiger partial charge in [-0.1, -0.05) is 30.3 Å². The minimum absolute atomic E-state index is 0.302. The fourth-order valence-corrected chi connectivity index (χ4v) is 2.40. The van der Waals surface area contributed by atoms with Gasteiger partial charge in [-0.15, -0.1) is 0 Å². The number of para-hydroxylation sites is 3. The number of hydrogen-bond donors (Lipinski definition) is 2. The Balaban J connectivity index is 1.65. The van der Waals surface area contributed by atoms with E-state index >= 15 is 0 Å². The third kappa shape index (κ3) is 5.52. The molecule has 1 amide bonds. The fourth-order valence-electron chi connectivity index (χ4n) is 2.40. The van der Waals surface area contributed by atoms with Gasteiger partial charge in [-0.25, -0.2) is 9.97 Å². The standard InChI is InChI=1S/C21H23N5O2/c1-26(2)13-12-22-21-23-14-16(15-24-21)20(27)25-18-10-6-7-11-19(18)28-17-8-4-3-5-9-17/h3-11,14-15H,12-13H2,1-2H3,(H,25,27)(H,22,23,24). The molecule has 3 aromatic rings. The third-order valence-corrected chi connectivity index (χ3v) is 3.86. The lowest BCUT2D eigenvalue weighted by Gasteiger charge is -2.12. The second-order valence-electron chi connectivity index (χ2n) is 6.39. The maximum atomic E-state index is 12.6. The summed E-state index contributed by atoms with van der Waals surface area (Å²) in [6.45, 7) is 1.59. The molecule has 0 unspecified atom stereocenters. The van der Waals surface area contributed by atoms with Gasteiger partial charge in [0, 0.05) is 25.5 Å². The molecule has 0 atom stereocenters. The summed E-state index contributed by atoms with van der Waals surface area (Å²) in [6, 6.07) is 16.7. The number of rotatable bonds is 8. The van der Waals surface area contributed by atoms with Gasteiger partial charge in [-0.3, -0.25) is 4.79 Å². The maximum absolute atomic E-state index is 12.6. The van der Waals surface area contributed by atoms with Crippen molar-refractivity contribution in [1.29, 1.82) is 0 Å². The number of aromatic nitrogens is 2. The van der Waals surface area contributed by atoms with Gasteiger partial charge >= 0.3 is 0 Å². The van der Waals surface area contributed by atoms with Crippen LogP contribution >= 0.6 is 0 Å². The van der Waals surface area contributed by atoms with Gasteiger partial charge in [0.2, 0.25) is 5.95 Å². The largest absolute Gasteiger partial charge is 0.455 e. The van der Waals surface area contributed by atoms with E-state index in [-0.39, 0.29) is 5.91 Å². The van der Waals surface area contributed by atoms with E-state index in [0.29, 0.717) is 28.7 Å². The van der Waals surface area contributed by atoms with Crippen molar-refractivity contribution < 1.29 is 9.53 Å². The summed E-state index contributed by atoms with van der Waals surface area (Å²) in [4.78, 5) is 23.0. The Morgan fingerprint density at radius 1 is 1.00 bits per heavy atom. The highest BCUT2D eigenvalue weighted by Crippen LogP contribution is 2.29. The summed E-state index contributed by atoms with van der Waals surface area (Å²) in [6.07, 6.45) is 3.00. The molecule has 28 heavy (non-hydrogen) atoms. The maximum Gasteiger partial charge on any atom is 0.258 e. The van der Waals surface area contributed by atoms with Crippen LogP contribution in [0.1, 0.15) is 10.4 Å². The number of nitrogens with zero attached hydrogens (tertiary/aromatic N) is 3. The molecule has 0 aliphatic heterocycles. The average Bonchev–Trinajstić information content (AvgIpc) is 2.70. The highest BCUT2D eigenvalue weighted by molar-refractivity contribution is 6.04. The van der Waals surface area contributed by atoms with Crippen LogP contribution in [-0.2, 0) is 0 Å². The average molecular weight is 377 g/mol. The highest BCUT2D eigenvalue weighted by Gasteiger charge is 2.11. The third-order valence-electron chi connectivity index (χ3n) is 3.86. The van der Waals surface area contributed by atoms with Gasteiger partial charge in [-0.05, 0) is 38.4 Å². The molecule has 7 nitrogen and oxygen atoms in total. The smallest absolute Gasteiger partial charge is 0.258 e. The number of likely N-dealkylation sites (N-methyl/N-ethyl adjacent to an activating group) is 1. The number of amides is 1. The SMILES string of the molecule is CN(C)CCNc1ncc(C(=O)Nc2ccccc2Oc2ccccc2)cn1. The summed E-state index contributed by atoms with van der Waals surface area (Å²) >= 11 is 0. The molecule has 0 bridgehead atoms. The summed E-state index contributed by atoms with van der Waals surface area (Å²) in [5, 5.41) is 5.97. The van der Waals surface area contributed by atoms with E-state index in [4.69, 9.17) is 4.74 Å². The first-order valence-corrected chi connectivity index (χ1v) is 8.96. The van der Waals surface area contributed by atoms with E-state index in [1.165, 1.54) is 12.4 Å². The molecule has 0 radical (unpaired) electrons. The monoisotopic (exact) mass is 377 g/mol. The van der Waals surface area contributed by atoms with E-state index in [1.807, 2.05) is 56.6 Å². The molecular weight excluding hydrogens is 354 g/mol. The molecule has 144 valence electrons. The first-order valence-electron chi connectivity index (χ1n) is 8.96. The van der Waals surface area contributed by atoms with Crippen LogP contribution in [0.4, 0.5) is 11.6 Å². The predicted molar refractivity (Wildman–Crippen MR) is 110 cm³/mol. The lowest BCUT2D eigenvalue weighted by Crippen LogP contribution is -2.21. The van der Waals surface area contributed by atoms with Crippen LogP contribution in [0.25, 0.3) is 0 Å². The molecule has 2 aromatic carbocycles. The molecular formula is C21H23N5O2. The second kappa shape index (κ2) is 9.48. The zero-order valence-corrected chi connectivity index (χ0v) is 15.9. The summed E-state index contributed by atoms with van der Waals surface area (Å²) < 4.78 is 5.87. The Hall–Kier alpha value is -3.45. The van der Waals surface area contributed by atoms with E-state index in [0.717, 1.165) is 13.1 Å². The van der Waals surface area contributed by atoms with Crippen molar-refractivity contribution in [2.45, 2.75) is 0 Å². The molecule has 3 rings (SSSR count). The van der Waals surface area contributed by atoms with Crippen LogP contribution < -0.4 is 15.4 Å². The van der Waals surface area contributed by atoms with Gasteiger partial charge in [0.1, 0.15) is 5.75 Å². The van der Waals surface area contributed by atoms with E-state index in [9.17, 15) is 4.79 Å². The van der Waals surface area contributed by atoms with Crippen LogP contribution in [-0.4, -0.2) is 48.0 Å². The first kappa shape index (κ1) is 19.3. The number of carbonyl (C=O) groups is 1. The van der Waals surface area contributed by atoms with Crippen molar-refractivity contribution in [3.05, 3.63) is 72.6 Å². The van der Waals surface area contributed by atoms with Gasteiger partial charge in [0.25, 0.3) is 5.91 Å². The van der Waals surface area contributed by atoms with Gasteiger partial charge in [-0.2, -0.15) is 0 Å². The first-order chi connectivity index (χ1) is 13.6. The van der Waals surface area contributed by atoms with Crippen molar-refractivity contribution in [3.63, 3.8) is 0 Å². The Morgan fingerprint density at radius 2 is 1.68 bits per heavy atom. The number of anilines is 2. The Morgan fingerprint density at radius 3 is 2.39 bits per heavy atom. The number of benzene rings is 2. The molecule has 0 aliphatic rings. The lowest BCUT2D eigenvalue weighted by atomic mass is 10.2. The zero-order valence-electron chi connectivity index (χ0n) is 15.9. The van der Waals surface area contributed by atoms with Crippen molar-refractivity contribution in [1.82, 2.24) is 14.9 Å². The quantitative estimate of drug-likeness (QED) is 0.626. The molecule has 0 fully saturated rings. The van der Waals surface area contributed by atoms with Crippen LogP contribution in [0.5, 0.6) is 11.5 Å². The highest BCUT2D eigenvalue weighted by atomic mass is 16.5. The lowest BCUT2D eigenvalue weighted by molar-refractivity contribution is 0.102. The predicted octanol–water partition coefficient (Wildman–Crippen LogP) is 3.49. The van der Waals surface area contributed by atoms with E-state index in [2.05, 4.69) is 25.5 Å². The second-order valence-corrected chi connectivity index (χ2v) is 6.39. The minimum Gasteiger partial charge on any atom is -0.455 e. The normalized spacial score (nSPS) is 10.5. The molecule has 2 N–H and O–H groups in total. The molecule has 7 heteroatoms. The molecule has 1 aromatic heterocycles. The van der Waals surface area contributed by atoms with E-state index < -0.39 is 0 Å². The number of nitrogens with one attached hydrogen (secondary N) is 2. The molecule has 0 spiro atoms. The van der Waals surface area contributed by atoms with Gasteiger partial charge < -0.3 is 20.3 Å². The van der Waals surface area contributed by atoms with Crippen molar-refractivity contribution in [2.75, 3.05) is 37.8 Å². The Bertz CT molecular complexity index is 898. The minimum atomic E-state index is -0.302. The van der Waals surface area contributed by atoms with Crippen LogP contribution in [0.2, 0.25) is 0 Å². The molecule has 0 saturated heterocycles.